The van der Waals surface area contributed by atoms with Gasteiger partial charge in [-0.05, 0) is 139 Å². The lowest BCUT2D eigenvalue weighted by atomic mass is 9.84. The lowest BCUT2D eigenvalue weighted by Crippen LogP contribution is -2.56. The fourth-order valence-corrected chi connectivity index (χ4v) is 12.4. The molecule has 0 spiro atoms. The van der Waals surface area contributed by atoms with E-state index in [-0.39, 0.29) is 50.0 Å². The quantitative estimate of drug-likeness (QED) is 0.0150. The predicted octanol–water partition coefficient (Wildman–Crippen LogP) is 11.6. The van der Waals surface area contributed by atoms with Crippen molar-refractivity contribution in [1.82, 2.24) is 0 Å². The maximum absolute atomic E-state index is 14.7. The molecule has 0 saturated heterocycles. The Morgan fingerprint density at radius 1 is 0.435 bits per heavy atom. The van der Waals surface area contributed by atoms with Gasteiger partial charge in [-0.3, -0.25) is 19.2 Å². The first-order valence-electron chi connectivity index (χ1n) is 28.5. The number of ether oxygens (including phenoxy) is 10. The molecule has 2 heterocycles. The van der Waals surface area contributed by atoms with E-state index in [0.717, 1.165) is 33.4 Å². The number of carbonyl (C=O) groups excluding carboxylic acids is 4. The molecule has 6 aromatic rings. The second-order valence-electron chi connectivity index (χ2n) is 22.1. The van der Waals surface area contributed by atoms with Crippen LogP contribution < -0.4 is 37.9 Å². The summed E-state index contributed by atoms with van der Waals surface area (Å²) in [5.41, 5.74) is 6.80. The molecular formula is C67H78Cl2N2O14+2. The number of hydrogen-bond donors (Lipinski definition) is 0. The molecule has 0 radical (unpaired) electrons. The maximum atomic E-state index is 14.7. The van der Waals surface area contributed by atoms with Crippen molar-refractivity contribution in [2.45, 2.75) is 57.0 Å². The fourth-order valence-electron chi connectivity index (χ4n) is 12.1. The molecule has 8 rings (SSSR count). The molecule has 2 aliphatic heterocycles. The monoisotopic (exact) mass is 1200 g/mol. The molecule has 85 heavy (non-hydrogen) atoms. The highest BCUT2D eigenvalue weighted by molar-refractivity contribution is 6.31. The summed E-state index contributed by atoms with van der Waals surface area (Å²) in [4.78, 5) is 58.5. The van der Waals surface area contributed by atoms with Crippen molar-refractivity contribution in [1.29, 1.82) is 0 Å². The molecule has 0 N–H and O–H groups in total. The van der Waals surface area contributed by atoms with Crippen molar-refractivity contribution in [2.75, 3.05) is 110 Å². The van der Waals surface area contributed by atoms with Gasteiger partial charge in [-0.25, -0.2) is 0 Å². The number of fused-ring (bicyclic) bond motifs is 2. The van der Waals surface area contributed by atoms with E-state index in [2.05, 4.69) is 14.1 Å². The van der Waals surface area contributed by atoms with Gasteiger partial charge in [-0.1, -0.05) is 35.3 Å². The van der Waals surface area contributed by atoms with Crippen LogP contribution >= 0.6 is 23.2 Å². The Balaban J connectivity index is 0.984. The van der Waals surface area contributed by atoms with E-state index in [1.807, 2.05) is 60.7 Å². The third kappa shape index (κ3) is 14.6. The van der Waals surface area contributed by atoms with E-state index in [4.69, 9.17) is 70.6 Å². The normalized spacial score (nSPS) is 18.5. The number of rotatable bonds is 28. The third-order valence-corrected chi connectivity index (χ3v) is 17.5. The summed E-state index contributed by atoms with van der Waals surface area (Å²) in [6, 6.07) is 32.2. The number of methoxy groups -OCH3 is 8. The molecule has 0 fully saturated rings. The van der Waals surface area contributed by atoms with Gasteiger partial charge in [0.1, 0.15) is 25.2 Å². The lowest BCUT2D eigenvalue weighted by Gasteiger charge is -2.47. The van der Waals surface area contributed by atoms with Gasteiger partial charge in [0, 0.05) is 58.0 Å². The largest absolute Gasteiger partial charge is 0.493 e. The smallest absolute Gasteiger partial charge is 0.322 e. The molecular weight excluding hydrogens is 1130 g/mol. The summed E-state index contributed by atoms with van der Waals surface area (Å²) in [5, 5.41) is 0.915. The second-order valence-corrected chi connectivity index (χ2v) is 23.0. The van der Waals surface area contributed by atoms with Crippen molar-refractivity contribution < 1.29 is 75.5 Å². The predicted molar refractivity (Wildman–Crippen MR) is 325 cm³/mol. The lowest BCUT2D eigenvalue weighted by molar-refractivity contribution is -0.942. The Labute approximate surface area is 508 Å². The minimum atomic E-state index is -1.18. The number of hydrogen-bond acceptors (Lipinski definition) is 14. The second kappa shape index (κ2) is 28.6. The van der Waals surface area contributed by atoms with Crippen LogP contribution in [0.25, 0.3) is 0 Å². The Morgan fingerprint density at radius 3 is 1.11 bits per heavy atom. The van der Waals surface area contributed by atoms with Crippen LogP contribution in [0.2, 0.25) is 10.0 Å². The minimum absolute atomic E-state index is 0.0168. The number of likely N-dealkylation sites (N-methyl/N-ethyl adjacent to an activating group) is 2. The number of halogens is 2. The molecule has 0 aromatic heterocycles. The van der Waals surface area contributed by atoms with E-state index >= 15 is 0 Å². The molecule has 16 nitrogen and oxygen atoms in total. The number of ketones is 2. The number of Topliss-reactive ketones (excluding diaryl/α,β-unsaturated/α-hetero) is 2. The standard InChI is InChI=1S/C67H78Cl2N2O14/c1-70(28-26-46-36-60(80-7)62(82-9)38-50(46)54(70)32-42-14-24-56(76-3)58(34-42)78-5)40-52(64(72)44-16-20-48(68)21-17-44)66(74)84-30-12-11-13-31-85-67(75)53(65(73)45-18-22-49(69)23-19-45)41-71(2)29-27-47-37-61(81-8)63(83-10)39-51(47)55(71)33-43-15-25-57(77-4)59(35-43)79-6/h14-25,34-39,52-55H,11-13,26-33,40-41H2,1-10H3/q+2. The van der Waals surface area contributed by atoms with Gasteiger partial charge in [0.25, 0.3) is 0 Å². The highest BCUT2D eigenvalue weighted by Gasteiger charge is 2.47. The number of carbonyl (C=O) groups is 4. The SMILES string of the molecule is COc1ccc(CC2c3cc(OC)c(OC)cc3CC[N+]2(C)CC(C(=O)OCCCCCOC(=O)C(C[N+]2(C)CCc3cc(OC)c(OC)cc3C2Cc2ccc(OC)c(OC)c2)C(=O)c2ccc(Cl)cc2)C(=O)c2ccc(Cl)cc2)cc1OC. The Hall–Kier alpha value is -7.50. The number of esters is 2. The fraction of sp³-hybridized carbons (Fsp3) is 0.403. The van der Waals surface area contributed by atoms with Crippen LogP contribution in [-0.4, -0.2) is 143 Å². The summed E-state index contributed by atoms with van der Waals surface area (Å²) >= 11 is 12.6. The molecule has 0 amide bonds. The van der Waals surface area contributed by atoms with Crippen molar-refractivity contribution in [3.63, 3.8) is 0 Å². The number of unbranched alkanes of at least 4 members (excludes halogenated alkanes) is 2. The third-order valence-electron chi connectivity index (χ3n) is 17.0. The number of nitrogens with zero attached hydrogens (tertiary/aromatic N) is 2. The van der Waals surface area contributed by atoms with Gasteiger partial charge >= 0.3 is 11.9 Å². The van der Waals surface area contributed by atoms with Crippen LogP contribution in [0.5, 0.6) is 46.0 Å². The van der Waals surface area contributed by atoms with E-state index in [1.165, 1.54) is 0 Å². The first kappa shape index (κ1) is 63.5. The van der Waals surface area contributed by atoms with E-state index in [9.17, 15) is 19.2 Å². The first-order chi connectivity index (χ1) is 40.9. The highest BCUT2D eigenvalue weighted by atomic mass is 35.5. The van der Waals surface area contributed by atoms with E-state index < -0.39 is 23.8 Å². The van der Waals surface area contributed by atoms with Crippen molar-refractivity contribution in [3.05, 3.63) is 164 Å². The first-order valence-corrected chi connectivity index (χ1v) is 29.2. The summed E-state index contributed by atoms with van der Waals surface area (Å²) in [5.74, 6) is 0.326. The van der Waals surface area contributed by atoms with Crippen LogP contribution in [0, 0.1) is 11.8 Å². The Morgan fingerprint density at radius 2 is 0.765 bits per heavy atom. The van der Waals surface area contributed by atoms with Crippen LogP contribution in [0.1, 0.15) is 85.4 Å². The van der Waals surface area contributed by atoms with Gasteiger partial charge in [0.05, 0.1) is 97.3 Å². The summed E-state index contributed by atoms with van der Waals surface area (Å²) in [7, 11) is 17.0. The van der Waals surface area contributed by atoms with Crippen molar-refractivity contribution >= 4 is 46.7 Å². The zero-order valence-corrected chi connectivity index (χ0v) is 51.8. The molecule has 0 saturated carbocycles. The van der Waals surface area contributed by atoms with E-state index in [0.29, 0.717) is 134 Å². The molecule has 18 heteroatoms. The Kier molecular flexibility index (Phi) is 21.4. The molecule has 6 atom stereocenters. The maximum Gasteiger partial charge on any atom is 0.322 e. The average Bonchev–Trinajstić information content (AvgIpc) is 1.63. The summed E-state index contributed by atoms with van der Waals surface area (Å²) in [6.45, 7) is 1.48. The minimum Gasteiger partial charge on any atom is -0.493 e. The van der Waals surface area contributed by atoms with Gasteiger partial charge in [-0.2, -0.15) is 0 Å². The molecule has 2 aliphatic rings. The number of benzene rings is 6. The van der Waals surface area contributed by atoms with Gasteiger partial charge in [-0.15, -0.1) is 0 Å². The molecule has 0 bridgehead atoms. The average molecular weight is 1210 g/mol. The van der Waals surface area contributed by atoms with Gasteiger partial charge < -0.3 is 56.3 Å². The molecule has 452 valence electrons. The van der Waals surface area contributed by atoms with E-state index in [1.54, 1.807) is 105 Å². The Bertz CT molecular complexity index is 3120. The zero-order valence-electron chi connectivity index (χ0n) is 50.3. The van der Waals surface area contributed by atoms with Crippen molar-refractivity contribution in [2.24, 2.45) is 11.8 Å². The summed E-state index contributed by atoms with van der Waals surface area (Å²) < 4.78 is 58.3. The molecule has 6 aromatic carbocycles. The molecule has 0 aliphatic carbocycles. The van der Waals surface area contributed by atoms with Gasteiger partial charge in [0.2, 0.25) is 0 Å². The number of quaternary nitrogens is 2. The van der Waals surface area contributed by atoms with Crippen LogP contribution in [0.15, 0.2) is 109 Å². The highest BCUT2D eigenvalue weighted by Crippen LogP contribution is 2.46. The van der Waals surface area contributed by atoms with Crippen LogP contribution in [0.4, 0.5) is 0 Å². The van der Waals surface area contributed by atoms with Crippen LogP contribution in [-0.2, 0) is 44.7 Å². The molecule has 6 unspecified atom stereocenters. The summed E-state index contributed by atoms with van der Waals surface area (Å²) in [6.07, 6.45) is 3.69. The zero-order chi connectivity index (χ0) is 61.0. The van der Waals surface area contributed by atoms with Crippen molar-refractivity contribution in [3.8, 4) is 46.0 Å². The topological polar surface area (TPSA) is 161 Å². The van der Waals surface area contributed by atoms with Crippen LogP contribution in [0.3, 0.4) is 0 Å². The van der Waals surface area contributed by atoms with Gasteiger partial charge in [0.15, 0.2) is 69.4 Å².